The SMILES string of the molecule is CN(Cc1ncn[nH]1)C(=O)c1ccc(F)c(Cl)c1. The molecule has 1 heterocycles. The number of rotatable bonds is 3. The molecule has 0 unspecified atom stereocenters. The van der Waals surface area contributed by atoms with Crippen LogP contribution in [0.25, 0.3) is 0 Å². The van der Waals surface area contributed by atoms with Crippen molar-refractivity contribution >= 4 is 17.5 Å². The second kappa shape index (κ2) is 5.14. The molecule has 0 spiro atoms. The van der Waals surface area contributed by atoms with Gasteiger partial charge in [0, 0.05) is 12.6 Å². The van der Waals surface area contributed by atoms with Gasteiger partial charge in [0.05, 0.1) is 11.6 Å². The lowest BCUT2D eigenvalue weighted by molar-refractivity contribution is 0.0781. The minimum Gasteiger partial charge on any atom is -0.334 e. The molecule has 5 nitrogen and oxygen atoms in total. The first kappa shape index (κ1) is 12.5. The Morgan fingerprint density at radius 2 is 2.33 bits per heavy atom. The van der Waals surface area contributed by atoms with Crippen LogP contribution in [0.1, 0.15) is 16.2 Å². The highest BCUT2D eigenvalue weighted by atomic mass is 35.5. The quantitative estimate of drug-likeness (QED) is 0.924. The summed E-state index contributed by atoms with van der Waals surface area (Å²) in [5.41, 5.74) is 0.323. The fraction of sp³-hybridized carbons (Fsp3) is 0.182. The Morgan fingerprint density at radius 1 is 1.56 bits per heavy atom. The maximum atomic E-state index is 13.0. The molecule has 2 aromatic rings. The lowest BCUT2D eigenvalue weighted by atomic mass is 10.2. The zero-order valence-corrected chi connectivity index (χ0v) is 10.3. The van der Waals surface area contributed by atoms with E-state index in [2.05, 4.69) is 15.2 Å². The first-order valence-corrected chi connectivity index (χ1v) is 5.50. The molecular weight excluding hydrogens is 259 g/mol. The number of nitrogens with zero attached hydrogens (tertiary/aromatic N) is 3. The van der Waals surface area contributed by atoms with E-state index in [-0.39, 0.29) is 17.5 Å². The van der Waals surface area contributed by atoms with Gasteiger partial charge in [-0.3, -0.25) is 9.89 Å². The van der Waals surface area contributed by atoms with Gasteiger partial charge in [0.25, 0.3) is 5.91 Å². The van der Waals surface area contributed by atoms with Gasteiger partial charge in [-0.15, -0.1) is 0 Å². The summed E-state index contributed by atoms with van der Waals surface area (Å²) in [5.74, 6) is -0.251. The maximum Gasteiger partial charge on any atom is 0.254 e. The van der Waals surface area contributed by atoms with Crippen LogP contribution in [0, 0.1) is 5.82 Å². The van der Waals surface area contributed by atoms with E-state index in [9.17, 15) is 9.18 Å². The second-order valence-electron chi connectivity index (χ2n) is 3.72. The van der Waals surface area contributed by atoms with E-state index in [0.29, 0.717) is 11.4 Å². The first-order chi connectivity index (χ1) is 8.58. The molecule has 1 N–H and O–H groups in total. The van der Waals surface area contributed by atoms with Crippen LogP contribution in [0.3, 0.4) is 0 Å². The van der Waals surface area contributed by atoms with Crippen molar-refractivity contribution < 1.29 is 9.18 Å². The third-order valence-electron chi connectivity index (χ3n) is 2.37. The van der Waals surface area contributed by atoms with Gasteiger partial charge in [-0.1, -0.05) is 11.6 Å². The molecule has 18 heavy (non-hydrogen) atoms. The minimum atomic E-state index is -0.550. The molecule has 7 heteroatoms. The summed E-state index contributed by atoms with van der Waals surface area (Å²) >= 11 is 5.63. The highest BCUT2D eigenvalue weighted by molar-refractivity contribution is 6.31. The van der Waals surface area contributed by atoms with Crippen LogP contribution in [0.4, 0.5) is 4.39 Å². The number of aromatic nitrogens is 3. The Labute approximate surface area is 108 Å². The molecular formula is C11H10ClFN4O. The molecule has 1 amide bonds. The number of aromatic amines is 1. The number of carbonyl (C=O) groups excluding carboxylic acids is 1. The molecule has 1 aromatic heterocycles. The number of nitrogens with one attached hydrogen (secondary N) is 1. The Kier molecular flexibility index (Phi) is 3.57. The molecule has 0 aliphatic rings. The summed E-state index contributed by atoms with van der Waals surface area (Å²) in [7, 11) is 1.61. The summed E-state index contributed by atoms with van der Waals surface area (Å²) < 4.78 is 13.0. The maximum absolute atomic E-state index is 13.0. The molecule has 0 radical (unpaired) electrons. The Balaban J connectivity index is 2.12. The summed E-state index contributed by atoms with van der Waals surface area (Å²) in [5, 5.41) is 6.27. The van der Waals surface area contributed by atoms with E-state index >= 15 is 0 Å². The van der Waals surface area contributed by atoms with E-state index in [1.165, 1.54) is 23.4 Å². The third-order valence-corrected chi connectivity index (χ3v) is 2.65. The van der Waals surface area contributed by atoms with Crippen LogP contribution < -0.4 is 0 Å². The van der Waals surface area contributed by atoms with Crippen LogP contribution in [0.2, 0.25) is 5.02 Å². The lowest BCUT2D eigenvalue weighted by Gasteiger charge is -2.15. The molecule has 0 atom stereocenters. The van der Waals surface area contributed by atoms with Crippen molar-refractivity contribution in [3.8, 4) is 0 Å². The molecule has 0 fully saturated rings. The van der Waals surface area contributed by atoms with Gasteiger partial charge in [0.15, 0.2) is 0 Å². The second-order valence-corrected chi connectivity index (χ2v) is 4.13. The molecule has 1 aromatic carbocycles. The van der Waals surface area contributed by atoms with Crippen molar-refractivity contribution in [3.05, 3.63) is 46.8 Å². The molecule has 0 saturated heterocycles. The molecule has 0 saturated carbocycles. The zero-order chi connectivity index (χ0) is 13.1. The van der Waals surface area contributed by atoms with Crippen molar-refractivity contribution in [2.75, 3.05) is 7.05 Å². The average Bonchev–Trinajstić information content (AvgIpc) is 2.84. The number of hydrogen-bond acceptors (Lipinski definition) is 3. The smallest absolute Gasteiger partial charge is 0.254 e. The van der Waals surface area contributed by atoms with Gasteiger partial charge in [-0.25, -0.2) is 9.37 Å². The number of halogens is 2. The number of H-pyrrole nitrogens is 1. The topological polar surface area (TPSA) is 61.9 Å². The highest BCUT2D eigenvalue weighted by Gasteiger charge is 2.14. The summed E-state index contributed by atoms with van der Waals surface area (Å²) in [6, 6.07) is 3.86. The van der Waals surface area contributed by atoms with Gasteiger partial charge in [0.1, 0.15) is 18.0 Å². The zero-order valence-electron chi connectivity index (χ0n) is 9.52. The average molecular weight is 269 g/mol. The summed E-state index contributed by atoms with van der Waals surface area (Å²) in [6.07, 6.45) is 1.36. The van der Waals surface area contributed by atoms with Gasteiger partial charge in [0.2, 0.25) is 0 Å². The Morgan fingerprint density at radius 3 is 2.94 bits per heavy atom. The number of benzene rings is 1. The van der Waals surface area contributed by atoms with Crippen molar-refractivity contribution in [1.82, 2.24) is 20.1 Å². The standard InChI is InChI=1S/C11H10ClFN4O/c1-17(5-10-14-6-15-16-10)11(18)7-2-3-9(13)8(12)4-7/h2-4,6H,5H2,1H3,(H,14,15,16). The number of hydrogen-bond donors (Lipinski definition) is 1. The highest BCUT2D eigenvalue weighted by Crippen LogP contribution is 2.17. The van der Waals surface area contributed by atoms with Crippen molar-refractivity contribution in [2.45, 2.75) is 6.54 Å². The van der Waals surface area contributed by atoms with Crippen molar-refractivity contribution in [1.29, 1.82) is 0 Å². The van der Waals surface area contributed by atoms with Gasteiger partial charge >= 0.3 is 0 Å². The third kappa shape index (κ3) is 2.65. The number of carbonyl (C=O) groups is 1. The van der Waals surface area contributed by atoms with Crippen molar-refractivity contribution in [3.63, 3.8) is 0 Å². The van der Waals surface area contributed by atoms with Crippen LogP contribution in [-0.4, -0.2) is 33.0 Å². The van der Waals surface area contributed by atoms with E-state index in [0.717, 1.165) is 6.07 Å². The molecule has 94 valence electrons. The fourth-order valence-corrected chi connectivity index (χ4v) is 1.63. The van der Waals surface area contributed by atoms with Gasteiger partial charge < -0.3 is 4.90 Å². The predicted octanol–water partition coefficient (Wildman–Crippen LogP) is 1.87. The van der Waals surface area contributed by atoms with E-state index in [1.807, 2.05) is 0 Å². The van der Waals surface area contributed by atoms with E-state index in [1.54, 1.807) is 7.05 Å². The van der Waals surface area contributed by atoms with Crippen LogP contribution in [-0.2, 0) is 6.54 Å². The van der Waals surface area contributed by atoms with Gasteiger partial charge in [-0.2, -0.15) is 5.10 Å². The normalized spacial score (nSPS) is 10.4. The summed E-state index contributed by atoms with van der Waals surface area (Å²) in [6.45, 7) is 0.286. The van der Waals surface area contributed by atoms with Gasteiger partial charge in [-0.05, 0) is 18.2 Å². The minimum absolute atomic E-state index is 0.0751. The molecule has 0 aliphatic carbocycles. The monoisotopic (exact) mass is 268 g/mol. The summed E-state index contributed by atoms with van der Waals surface area (Å²) in [4.78, 5) is 17.4. The van der Waals surface area contributed by atoms with Crippen molar-refractivity contribution in [2.24, 2.45) is 0 Å². The Hall–Kier alpha value is -1.95. The largest absolute Gasteiger partial charge is 0.334 e. The van der Waals surface area contributed by atoms with E-state index in [4.69, 9.17) is 11.6 Å². The van der Waals surface area contributed by atoms with Crippen LogP contribution >= 0.6 is 11.6 Å². The predicted molar refractivity (Wildman–Crippen MR) is 63.6 cm³/mol. The van der Waals surface area contributed by atoms with Crippen LogP contribution in [0.5, 0.6) is 0 Å². The first-order valence-electron chi connectivity index (χ1n) is 5.12. The number of amides is 1. The molecule has 0 aliphatic heterocycles. The van der Waals surface area contributed by atoms with E-state index < -0.39 is 5.82 Å². The lowest BCUT2D eigenvalue weighted by Crippen LogP contribution is -2.26. The van der Waals surface area contributed by atoms with Crippen LogP contribution in [0.15, 0.2) is 24.5 Å². The molecule has 2 rings (SSSR count). The molecule has 0 bridgehead atoms. The Bertz CT molecular complexity index is 558. The fourth-order valence-electron chi connectivity index (χ4n) is 1.45.